The summed E-state index contributed by atoms with van der Waals surface area (Å²) in [7, 11) is -4.39. The van der Waals surface area contributed by atoms with Crippen molar-refractivity contribution in [2.45, 2.75) is 11.3 Å². The van der Waals surface area contributed by atoms with Crippen LogP contribution >= 0.6 is 11.6 Å². The van der Waals surface area contributed by atoms with E-state index in [-0.39, 0.29) is 0 Å². The van der Waals surface area contributed by atoms with Crippen LogP contribution in [-0.2, 0) is 10.0 Å². The molecule has 0 aliphatic heterocycles. The number of halogens is 3. The lowest BCUT2D eigenvalue weighted by molar-refractivity contribution is -0.384. The Balaban J connectivity index is 3.24. The van der Waals surface area contributed by atoms with Crippen molar-refractivity contribution < 1.29 is 27.2 Å². The van der Waals surface area contributed by atoms with Crippen LogP contribution < -0.4 is 0 Å². The molecule has 1 N–H and O–H groups in total. The number of hydrogen-bond donors (Lipinski definition) is 1. The Morgan fingerprint density at radius 2 is 2.05 bits per heavy atom. The SMILES string of the molecule is O=[N+]([O-])c1ccc(S(=O)(=O)N(CCO)CC(F)F)c(Cl)c1. The Morgan fingerprint density at radius 3 is 2.48 bits per heavy atom. The van der Waals surface area contributed by atoms with Gasteiger partial charge in [-0.3, -0.25) is 10.1 Å². The first-order valence-corrected chi connectivity index (χ1v) is 7.35. The van der Waals surface area contributed by atoms with Crippen LogP contribution in [0.1, 0.15) is 0 Å². The van der Waals surface area contributed by atoms with Crippen LogP contribution in [0.4, 0.5) is 14.5 Å². The molecular weight excluding hydrogens is 334 g/mol. The Labute approximate surface area is 123 Å². The van der Waals surface area contributed by atoms with Crippen molar-refractivity contribution in [2.75, 3.05) is 19.7 Å². The van der Waals surface area contributed by atoms with Gasteiger partial charge in [0.1, 0.15) is 4.90 Å². The van der Waals surface area contributed by atoms with Gasteiger partial charge in [-0.25, -0.2) is 17.2 Å². The second-order valence-corrected chi connectivity index (χ2v) is 6.16. The van der Waals surface area contributed by atoms with Crippen LogP contribution in [0.2, 0.25) is 5.02 Å². The van der Waals surface area contributed by atoms with Gasteiger partial charge >= 0.3 is 0 Å². The molecule has 0 aliphatic rings. The molecule has 21 heavy (non-hydrogen) atoms. The number of non-ortho nitro benzene ring substituents is 1. The molecule has 0 saturated heterocycles. The maximum Gasteiger partial charge on any atom is 0.271 e. The number of rotatable bonds is 7. The average Bonchev–Trinajstić information content (AvgIpc) is 2.37. The third kappa shape index (κ3) is 4.30. The van der Waals surface area contributed by atoms with Gasteiger partial charge in [0.05, 0.1) is 23.1 Å². The standard InChI is InChI=1S/C10H11ClF2N2O5S/c11-8-5-7(15(17)18)1-2-9(8)21(19,20)14(3-4-16)6-10(12)13/h1-2,5,10,16H,3-4,6H2. The minimum Gasteiger partial charge on any atom is -0.395 e. The van der Waals surface area contributed by atoms with Crippen molar-refractivity contribution in [3.63, 3.8) is 0 Å². The highest BCUT2D eigenvalue weighted by molar-refractivity contribution is 7.89. The number of alkyl halides is 2. The van der Waals surface area contributed by atoms with Crippen LogP contribution in [0.5, 0.6) is 0 Å². The highest BCUT2D eigenvalue weighted by Crippen LogP contribution is 2.28. The Morgan fingerprint density at radius 1 is 1.43 bits per heavy atom. The van der Waals surface area contributed by atoms with Crippen LogP contribution in [-0.4, -0.2) is 48.9 Å². The van der Waals surface area contributed by atoms with E-state index < -0.39 is 56.7 Å². The Kier molecular flexibility index (Phi) is 5.96. The number of sulfonamides is 1. The molecule has 0 spiro atoms. The number of nitro groups is 1. The fraction of sp³-hybridized carbons (Fsp3) is 0.400. The second-order valence-electron chi connectivity index (χ2n) is 3.85. The predicted octanol–water partition coefficient (Wildman–Crippen LogP) is 1.50. The van der Waals surface area contributed by atoms with Crippen molar-refractivity contribution in [3.8, 4) is 0 Å². The molecular formula is C10H11ClF2N2O5S. The van der Waals surface area contributed by atoms with E-state index in [0.717, 1.165) is 18.2 Å². The summed E-state index contributed by atoms with van der Waals surface area (Å²) in [5.74, 6) is 0. The molecule has 0 aliphatic carbocycles. The van der Waals surface area contributed by atoms with Crippen LogP contribution in [0.15, 0.2) is 23.1 Å². The van der Waals surface area contributed by atoms with Gasteiger partial charge in [0.15, 0.2) is 0 Å². The van der Waals surface area contributed by atoms with Crippen molar-refractivity contribution in [1.82, 2.24) is 4.31 Å². The van der Waals surface area contributed by atoms with Gasteiger partial charge in [-0.2, -0.15) is 4.31 Å². The van der Waals surface area contributed by atoms with E-state index in [2.05, 4.69) is 0 Å². The first-order chi connectivity index (χ1) is 9.70. The van der Waals surface area contributed by atoms with E-state index in [1.807, 2.05) is 0 Å². The minimum atomic E-state index is -4.39. The predicted molar refractivity (Wildman–Crippen MR) is 70.0 cm³/mol. The maximum atomic E-state index is 12.4. The topological polar surface area (TPSA) is 101 Å². The summed E-state index contributed by atoms with van der Waals surface area (Å²) in [6.45, 7) is -2.31. The Bertz CT molecular complexity index is 626. The van der Waals surface area contributed by atoms with Gasteiger partial charge in [0, 0.05) is 18.7 Å². The molecule has 118 valence electrons. The zero-order valence-electron chi connectivity index (χ0n) is 10.4. The van der Waals surface area contributed by atoms with Gasteiger partial charge in [-0.1, -0.05) is 11.6 Å². The molecule has 1 aromatic carbocycles. The molecule has 0 amide bonds. The molecule has 0 saturated carbocycles. The number of aliphatic hydroxyl groups excluding tert-OH is 1. The van der Waals surface area contributed by atoms with Crippen molar-refractivity contribution >= 4 is 27.3 Å². The summed E-state index contributed by atoms with van der Waals surface area (Å²) in [5, 5.41) is 18.9. The fourth-order valence-corrected chi connectivity index (χ4v) is 3.45. The lowest BCUT2D eigenvalue weighted by atomic mass is 10.3. The Hall–Kier alpha value is -1.36. The highest BCUT2D eigenvalue weighted by atomic mass is 35.5. The summed E-state index contributed by atoms with van der Waals surface area (Å²) < 4.78 is 49.6. The fourth-order valence-electron chi connectivity index (χ4n) is 1.53. The van der Waals surface area contributed by atoms with Gasteiger partial charge in [-0.05, 0) is 6.07 Å². The normalized spacial score (nSPS) is 12.1. The van der Waals surface area contributed by atoms with Gasteiger partial charge < -0.3 is 5.11 Å². The number of nitrogens with zero attached hydrogens (tertiary/aromatic N) is 2. The van der Waals surface area contributed by atoms with E-state index in [9.17, 15) is 27.3 Å². The number of benzene rings is 1. The zero-order chi connectivity index (χ0) is 16.2. The monoisotopic (exact) mass is 344 g/mol. The van der Waals surface area contributed by atoms with E-state index >= 15 is 0 Å². The molecule has 0 fully saturated rings. The van der Waals surface area contributed by atoms with Crippen LogP contribution in [0.25, 0.3) is 0 Å². The summed E-state index contributed by atoms with van der Waals surface area (Å²) >= 11 is 5.68. The first-order valence-electron chi connectivity index (χ1n) is 5.53. The summed E-state index contributed by atoms with van der Waals surface area (Å²) in [4.78, 5) is 9.24. The summed E-state index contributed by atoms with van der Waals surface area (Å²) in [6.07, 6.45) is -2.94. The number of hydrogen-bond acceptors (Lipinski definition) is 5. The van der Waals surface area contributed by atoms with Crippen molar-refractivity contribution in [3.05, 3.63) is 33.3 Å². The molecule has 1 rings (SSSR count). The maximum absolute atomic E-state index is 12.4. The molecule has 0 atom stereocenters. The van der Waals surface area contributed by atoms with Gasteiger partial charge in [0.25, 0.3) is 12.1 Å². The summed E-state index contributed by atoms with van der Waals surface area (Å²) in [5.41, 5.74) is -0.429. The molecule has 1 aromatic rings. The van der Waals surface area contributed by atoms with Crippen molar-refractivity contribution in [2.24, 2.45) is 0 Å². The molecule has 0 unspecified atom stereocenters. The average molecular weight is 345 g/mol. The van der Waals surface area contributed by atoms with Gasteiger partial charge in [0.2, 0.25) is 10.0 Å². The van der Waals surface area contributed by atoms with E-state index in [1.54, 1.807) is 0 Å². The zero-order valence-corrected chi connectivity index (χ0v) is 12.0. The lowest BCUT2D eigenvalue weighted by Gasteiger charge is -2.21. The largest absolute Gasteiger partial charge is 0.395 e. The van der Waals surface area contributed by atoms with E-state index in [0.29, 0.717) is 4.31 Å². The smallest absolute Gasteiger partial charge is 0.271 e. The molecule has 0 radical (unpaired) electrons. The number of nitro benzene ring substituents is 1. The van der Waals surface area contributed by atoms with E-state index in [4.69, 9.17) is 16.7 Å². The first kappa shape index (κ1) is 17.7. The minimum absolute atomic E-state index is 0.366. The molecule has 11 heteroatoms. The van der Waals surface area contributed by atoms with Crippen molar-refractivity contribution in [1.29, 1.82) is 0 Å². The molecule has 0 aromatic heterocycles. The molecule has 0 heterocycles. The number of aliphatic hydroxyl groups is 1. The molecule has 0 bridgehead atoms. The highest BCUT2D eigenvalue weighted by Gasteiger charge is 2.29. The lowest BCUT2D eigenvalue weighted by Crippen LogP contribution is -2.37. The third-order valence-corrected chi connectivity index (χ3v) is 4.78. The van der Waals surface area contributed by atoms with Crippen LogP contribution in [0, 0.1) is 10.1 Å². The summed E-state index contributed by atoms with van der Waals surface area (Å²) in [6, 6.07) is 2.58. The van der Waals surface area contributed by atoms with E-state index in [1.165, 1.54) is 0 Å². The third-order valence-electron chi connectivity index (χ3n) is 2.44. The van der Waals surface area contributed by atoms with Gasteiger partial charge in [-0.15, -0.1) is 0 Å². The quantitative estimate of drug-likeness (QED) is 0.596. The van der Waals surface area contributed by atoms with Crippen LogP contribution in [0.3, 0.4) is 0 Å². The molecule has 7 nitrogen and oxygen atoms in total. The second kappa shape index (κ2) is 7.07.